The summed E-state index contributed by atoms with van der Waals surface area (Å²) >= 11 is 0. The van der Waals surface area contributed by atoms with Crippen molar-refractivity contribution in [2.24, 2.45) is 5.73 Å². The molecule has 2 aromatic rings. The van der Waals surface area contributed by atoms with Gasteiger partial charge in [0.25, 0.3) is 0 Å². The quantitative estimate of drug-likeness (QED) is 0.918. The average Bonchev–Trinajstić information content (AvgIpc) is 3.34. The Bertz CT molecular complexity index is 782. The van der Waals surface area contributed by atoms with Crippen LogP contribution in [0, 0.1) is 18.3 Å². The van der Waals surface area contributed by atoms with Crippen molar-refractivity contribution in [3.05, 3.63) is 41.2 Å². The molecule has 1 unspecified atom stereocenters. The summed E-state index contributed by atoms with van der Waals surface area (Å²) in [7, 11) is 0. The molecule has 1 aliphatic rings. The van der Waals surface area contributed by atoms with Gasteiger partial charge in [0.1, 0.15) is 17.5 Å². The third-order valence-electron chi connectivity index (χ3n) is 4.07. The minimum atomic E-state index is -0.522. The van der Waals surface area contributed by atoms with Gasteiger partial charge in [-0.2, -0.15) is 10.4 Å². The number of primary amides is 1. The van der Waals surface area contributed by atoms with Crippen molar-refractivity contribution in [2.45, 2.75) is 38.6 Å². The van der Waals surface area contributed by atoms with Crippen molar-refractivity contribution < 1.29 is 9.53 Å². The van der Waals surface area contributed by atoms with E-state index in [1.807, 2.05) is 6.92 Å². The third-order valence-corrected chi connectivity index (χ3v) is 4.07. The second kappa shape index (κ2) is 5.76. The second-order valence-corrected chi connectivity index (χ2v) is 5.84. The fraction of sp³-hybridized carbons (Fsp3) is 0.353. The molecule has 6 heteroatoms. The number of carbonyl (C=O) groups excluding carboxylic acids is 1. The molecule has 0 saturated heterocycles. The highest BCUT2D eigenvalue weighted by Crippen LogP contribution is 2.46. The highest BCUT2D eigenvalue weighted by Gasteiger charge is 2.33. The van der Waals surface area contributed by atoms with E-state index in [0.29, 0.717) is 23.0 Å². The van der Waals surface area contributed by atoms with E-state index in [1.54, 1.807) is 35.9 Å². The van der Waals surface area contributed by atoms with Crippen molar-refractivity contribution in [1.82, 2.24) is 9.78 Å². The van der Waals surface area contributed by atoms with Crippen LogP contribution in [-0.4, -0.2) is 15.7 Å². The first kappa shape index (κ1) is 15.1. The van der Waals surface area contributed by atoms with Crippen molar-refractivity contribution in [1.29, 1.82) is 5.26 Å². The summed E-state index contributed by atoms with van der Waals surface area (Å²) in [6.45, 7) is 3.60. The van der Waals surface area contributed by atoms with Gasteiger partial charge >= 0.3 is 0 Å². The minimum absolute atomic E-state index is 0.378. The van der Waals surface area contributed by atoms with Crippen molar-refractivity contribution >= 4 is 5.91 Å². The Labute approximate surface area is 134 Å². The lowest BCUT2D eigenvalue weighted by molar-refractivity contribution is -0.121. The zero-order valence-electron chi connectivity index (χ0n) is 13.1. The molecule has 1 amide bonds. The highest BCUT2D eigenvalue weighted by atomic mass is 16.5. The normalized spacial score (nSPS) is 15.0. The number of rotatable bonds is 5. The predicted molar refractivity (Wildman–Crippen MR) is 84.1 cm³/mol. The van der Waals surface area contributed by atoms with E-state index in [-0.39, 0.29) is 0 Å². The first-order valence-electron chi connectivity index (χ1n) is 7.57. The fourth-order valence-corrected chi connectivity index (χ4v) is 2.49. The number of aromatic nitrogens is 2. The standard InChI is InChI=1S/C17H18N4O2/c1-10-16(23-14-7-3-12(9-18)4-8-14)15(13-5-6-13)20-21(10)11(2)17(19)22/h3-4,7-8,11,13H,5-6H2,1-2H3,(H2,19,22). The van der Waals surface area contributed by atoms with Crippen LogP contribution in [0.5, 0.6) is 11.5 Å². The van der Waals surface area contributed by atoms with E-state index in [9.17, 15) is 4.79 Å². The molecule has 0 spiro atoms. The molecular formula is C17H18N4O2. The monoisotopic (exact) mass is 310 g/mol. The number of carbonyl (C=O) groups is 1. The number of amides is 1. The van der Waals surface area contributed by atoms with E-state index in [0.717, 1.165) is 24.2 Å². The molecule has 2 N–H and O–H groups in total. The Balaban J connectivity index is 1.96. The molecule has 1 aliphatic carbocycles. The Hall–Kier alpha value is -2.81. The van der Waals surface area contributed by atoms with E-state index in [4.69, 9.17) is 15.7 Å². The Morgan fingerprint density at radius 3 is 2.61 bits per heavy atom. The summed E-state index contributed by atoms with van der Waals surface area (Å²) in [4.78, 5) is 11.5. The van der Waals surface area contributed by atoms with E-state index in [2.05, 4.69) is 11.2 Å². The molecule has 1 atom stereocenters. The van der Waals surface area contributed by atoms with Crippen LogP contribution >= 0.6 is 0 Å². The zero-order chi connectivity index (χ0) is 16.6. The molecule has 1 saturated carbocycles. The molecule has 0 bridgehead atoms. The van der Waals surface area contributed by atoms with Gasteiger partial charge in [-0.3, -0.25) is 9.48 Å². The van der Waals surface area contributed by atoms with Gasteiger partial charge in [-0.05, 0) is 51.0 Å². The van der Waals surface area contributed by atoms with Gasteiger partial charge in [-0.15, -0.1) is 0 Å². The van der Waals surface area contributed by atoms with Gasteiger partial charge in [0.15, 0.2) is 5.75 Å². The van der Waals surface area contributed by atoms with Gasteiger partial charge in [-0.25, -0.2) is 0 Å². The van der Waals surface area contributed by atoms with Crippen LogP contribution in [0.15, 0.2) is 24.3 Å². The number of nitrogens with zero attached hydrogens (tertiary/aromatic N) is 3. The number of hydrogen-bond donors (Lipinski definition) is 1. The molecule has 1 aromatic carbocycles. The topological polar surface area (TPSA) is 93.9 Å². The third kappa shape index (κ3) is 2.90. The Morgan fingerprint density at radius 2 is 2.09 bits per heavy atom. The van der Waals surface area contributed by atoms with Crippen LogP contribution in [0.1, 0.15) is 48.7 Å². The predicted octanol–water partition coefficient (Wildman–Crippen LogP) is 2.78. The number of nitrogens with two attached hydrogens (primary N) is 1. The summed E-state index contributed by atoms with van der Waals surface area (Å²) in [6.07, 6.45) is 2.15. The minimum Gasteiger partial charge on any atom is -0.453 e. The lowest BCUT2D eigenvalue weighted by Crippen LogP contribution is -2.25. The fourth-order valence-electron chi connectivity index (χ4n) is 2.49. The average molecular weight is 310 g/mol. The van der Waals surface area contributed by atoms with Crippen LogP contribution < -0.4 is 10.5 Å². The molecule has 0 aliphatic heterocycles. The summed E-state index contributed by atoms with van der Waals surface area (Å²) in [5.41, 5.74) is 7.63. The molecule has 0 radical (unpaired) electrons. The Kier molecular flexibility index (Phi) is 3.78. The van der Waals surface area contributed by atoms with Crippen LogP contribution in [0.25, 0.3) is 0 Å². The summed E-state index contributed by atoms with van der Waals surface area (Å²) in [5, 5.41) is 13.4. The molecular weight excluding hydrogens is 292 g/mol. The van der Waals surface area contributed by atoms with Gasteiger partial charge < -0.3 is 10.5 Å². The summed E-state index contributed by atoms with van der Waals surface area (Å²) < 4.78 is 7.64. The van der Waals surface area contributed by atoms with E-state index in [1.165, 1.54) is 0 Å². The van der Waals surface area contributed by atoms with Crippen LogP contribution in [-0.2, 0) is 4.79 Å². The number of nitriles is 1. The highest BCUT2D eigenvalue weighted by molar-refractivity contribution is 5.78. The van der Waals surface area contributed by atoms with Crippen molar-refractivity contribution in [3.8, 4) is 17.6 Å². The maximum Gasteiger partial charge on any atom is 0.242 e. The maximum atomic E-state index is 11.5. The van der Waals surface area contributed by atoms with Crippen molar-refractivity contribution in [3.63, 3.8) is 0 Å². The molecule has 6 nitrogen and oxygen atoms in total. The number of ether oxygens (including phenoxy) is 1. The molecule has 3 rings (SSSR count). The smallest absolute Gasteiger partial charge is 0.242 e. The molecule has 1 aromatic heterocycles. The van der Waals surface area contributed by atoms with Gasteiger partial charge in [0.2, 0.25) is 5.91 Å². The largest absolute Gasteiger partial charge is 0.453 e. The first-order chi connectivity index (χ1) is 11.0. The second-order valence-electron chi connectivity index (χ2n) is 5.84. The van der Waals surface area contributed by atoms with Gasteiger partial charge in [-0.1, -0.05) is 0 Å². The summed E-state index contributed by atoms with van der Waals surface area (Å²) in [5.74, 6) is 1.27. The molecule has 1 heterocycles. The van der Waals surface area contributed by atoms with Crippen LogP contribution in [0.2, 0.25) is 0 Å². The SMILES string of the molecule is Cc1c(Oc2ccc(C#N)cc2)c(C2CC2)nn1C(C)C(N)=O. The van der Waals surface area contributed by atoms with E-state index >= 15 is 0 Å². The van der Waals surface area contributed by atoms with E-state index < -0.39 is 11.9 Å². The van der Waals surface area contributed by atoms with Crippen LogP contribution in [0.3, 0.4) is 0 Å². The molecule has 23 heavy (non-hydrogen) atoms. The lowest BCUT2D eigenvalue weighted by atomic mass is 10.2. The number of benzene rings is 1. The van der Waals surface area contributed by atoms with Crippen molar-refractivity contribution in [2.75, 3.05) is 0 Å². The zero-order valence-corrected chi connectivity index (χ0v) is 13.1. The molecule has 118 valence electrons. The maximum absolute atomic E-state index is 11.5. The Morgan fingerprint density at radius 1 is 1.43 bits per heavy atom. The summed E-state index contributed by atoms with van der Waals surface area (Å²) in [6, 6.07) is 8.47. The molecule has 1 fully saturated rings. The van der Waals surface area contributed by atoms with Gasteiger partial charge in [0, 0.05) is 5.92 Å². The lowest BCUT2D eigenvalue weighted by Gasteiger charge is -2.11. The van der Waals surface area contributed by atoms with Crippen LogP contribution in [0.4, 0.5) is 0 Å². The van der Waals surface area contributed by atoms with Gasteiger partial charge in [0.05, 0.1) is 17.3 Å². The first-order valence-corrected chi connectivity index (χ1v) is 7.57. The number of hydrogen-bond acceptors (Lipinski definition) is 4.